The smallest absolute Gasteiger partial charge is 0.175 e. The molecule has 4 aromatic rings. The van der Waals surface area contributed by atoms with Gasteiger partial charge >= 0.3 is 0 Å². The largest absolute Gasteiger partial charge is 0.497 e. The Morgan fingerprint density at radius 1 is 1.09 bits per heavy atom. The first kappa shape index (κ1) is 13.1. The normalized spacial score (nSPS) is 11.2. The number of nitrogens with zero attached hydrogens (tertiary/aromatic N) is 3. The van der Waals surface area contributed by atoms with E-state index >= 15 is 0 Å². The molecule has 0 bridgehead atoms. The summed E-state index contributed by atoms with van der Waals surface area (Å²) < 4.78 is 7.34. The summed E-state index contributed by atoms with van der Waals surface area (Å²) in [6.45, 7) is 0. The highest BCUT2D eigenvalue weighted by Gasteiger charge is 2.13. The minimum atomic E-state index is 0.396. The second-order valence-electron chi connectivity index (χ2n) is 4.93. The molecular formula is C17H12ClN3O. The minimum absolute atomic E-state index is 0.396. The number of hydrogen-bond acceptors (Lipinski definition) is 3. The van der Waals surface area contributed by atoms with Crippen LogP contribution in [0.15, 0.2) is 54.7 Å². The van der Waals surface area contributed by atoms with Crippen LogP contribution in [0.25, 0.3) is 27.9 Å². The molecule has 0 atom stereocenters. The number of hydrogen-bond donors (Lipinski definition) is 0. The topological polar surface area (TPSA) is 39.4 Å². The van der Waals surface area contributed by atoms with E-state index < -0.39 is 0 Å². The number of para-hydroxylation sites is 2. The van der Waals surface area contributed by atoms with Gasteiger partial charge in [0.05, 0.1) is 30.0 Å². The molecule has 5 heteroatoms. The Balaban J connectivity index is 2.10. The molecule has 0 aliphatic rings. The molecule has 4 rings (SSSR count). The molecule has 0 aliphatic carbocycles. The van der Waals surface area contributed by atoms with E-state index in [-0.39, 0.29) is 0 Å². The lowest BCUT2D eigenvalue weighted by molar-refractivity contribution is 0.415. The van der Waals surface area contributed by atoms with E-state index in [9.17, 15) is 0 Å². The summed E-state index contributed by atoms with van der Waals surface area (Å²) in [7, 11) is 1.66. The van der Waals surface area contributed by atoms with Crippen LogP contribution in [0.3, 0.4) is 0 Å². The highest BCUT2D eigenvalue weighted by molar-refractivity contribution is 6.32. The van der Waals surface area contributed by atoms with Gasteiger partial charge in [-0.3, -0.25) is 4.40 Å². The summed E-state index contributed by atoms with van der Waals surface area (Å²) in [5.41, 5.74) is 4.42. The zero-order chi connectivity index (χ0) is 15.1. The molecule has 108 valence electrons. The van der Waals surface area contributed by atoms with Gasteiger partial charge in [-0.2, -0.15) is 0 Å². The van der Waals surface area contributed by atoms with Gasteiger partial charge < -0.3 is 4.74 Å². The van der Waals surface area contributed by atoms with Crippen LogP contribution in [0.5, 0.6) is 5.75 Å². The van der Waals surface area contributed by atoms with Crippen molar-refractivity contribution in [3.63, 3.8) is 0 Å². The average molecular weight is 310 g/mol. The van der Waals surface area contributed by atoms with Gasteiger partial charge in [0.1, 0.15) is 5.75 Å². The van der Waals surface area contributed by atoms with Crippen molar-refractivity contribution < 1.29 is 4.74 Å². The maximum Gasteiger partial charge on any atom is 0.175 e. The summed E-state index contributed by atoms with van der Waals surface area (Å²) in [6.07, 6.45) is 1.81. The van der Waals surface area contributed by atoms with Gasteiger partial charge in [0.15, 0.2) is 10.8 Å². The van der Waals surface area contributed by atoms with Crippen LogP contribution < -0.4 is 4.74 Å². The maximum absolute atomic E-state index is 6.28. The van der Waals surface area contributed by atoms with Gasteiger partial charge in [0.2, 0.25) is 0 Å². The highest BCUT2D eigenvalue weighted by atomic mass is 35.5. The molecule has 4 nitrogen and oxygen atoms in total. The van der Waals surface area contributed by atoms with E-state index in [4.69, 9.17) is 16.3 Å². The number of methoxy groups -OCH3 is 1. The van der Waals surface area contributed by atoms with Crippen molar-refractivity contribution in [1.82, 2.24) is 14.4 Å². The molecule has 2 aromatic carbocycles. The fraction of sp³-hybridized carbons (Fsp3) is 0.0588. The molecule has 22 heavy (non-hydrogen) atoms. The lowest BCUT2D eigenvalue weighted by atomic mass is 10.1. The zero-order valence-corrected chi connectivity index (χ0v) is 12.6. The Bertz CT molecular complexity index is 994. The van der Waals surface area contributed by atoms with Crippen molar-refractivity contribution in [2.45, 2.75) is 0 Å². The molecule has 0 saturated heterocycles. The molecule has 0 saturated carbocycles. The number of ether oxygens (including phenoxy) is 1. The summed E-state index contributed by atoms with van der Waals surface area (Å²) in [5, 5.41) is 0.396. The van der Waals surface area contributed by atoms with Gasteiger partial charge in [-0.05, 0) is 24.3 Å². The van der Waals surface area contributed by atoms with Crippen molar-refractivity contribution >= 4 is 28.3 Å². The number of halogens is 1. The SMILES string of the molecule is COc1cccc(-c2cnc3c(Cl)nc4ccccc4n23)c1. The van der Waals surface area contributed by atoms with Gasteiger partial charge in [0.25, 0.3) is 0 Å². The van der Waals surface area contributed by atoms with Crippen LogP contribution in [0.1, 0.15) is 0 Å². The molecule has 0 fully saturated rings. The molecule has 0 N–H and O–H groups in total. The zero-order valence-electron chi connectivity index (χ0n) is 11.8. The quantitative estimate of drug-likeness (QED) is 0.557. The van der Waals surface area contributed by atoms with E-state index in [0.29, 0.717) is 10.8 Å². The first-order valence-corrected chi connectivity index (χ1v) is 7.22. The molecule has 0 unspecified atom stereocenters. The fourth-order valence-electron chi connectivity index (χ4n) is 2.63. The Hall–Kier alpha value is -2.59. The van der Waals surface area contributed by atoms with E-state index in [1.54, 1.807) is 7.11 Å². The Labute approximate surface area is 132 Å². The van der Waals surface area contributed by atoms with Crippen LogP contribution in [-0.2, 0) is 0 Å². The number of fused-ring (bicyclic) bond motifs is 3. The van der Waals surface area contributed by atoms with Crippen LogP contribution in [0.4, 0.5) is 0 Å². The summed E-state index contributed by atoms with van der Waals surface area (Å²) in [5.74, 6) is 0.803. The van der Waals surface area contributed by atoms with Crippen LogP contribution in [0, 0.1) is 0 Å². The molecule has 0 spiro atoms. The molecule has 0 radical (unpaired) electrons. The standard InChI is InChI=1S/C17H12ClN3O/c1-22-12-6-4-5-11(9-12)15-10-19-17-16(18)20-13-7-2-3-8-14(13)21(15)17/h2-10H,1H3. The lowest BCUT2D eigenvalue weighted by Crippen LogP contribution is -1.95. The van der Waals surface area contributed by atoms with Crippen molar-refractivity contribution in [3.05, 3.63) is 59.9 Å². The number of imidazole rings is 1. The predicted octanol–water partition coefficient (Wildman–Crippen LogP) is 4.21. The Morgan fingerprint density at radius 3 is 2.82 bits per heavy atom. The summed E-state index contributed by atoms with van der Waals surface area (Å²) >= 11 is 6.28. The number of rotatable bonds is 2. The average Bonchev–Trinajstić information content (AvgIpc) is 3.01. The third-order valence-electron chi connectivity index (χ3n) is 3.65. The Morgan fingerprint density at radius 2 is 1.95 bits per heavy atom. The van der Waals surface area contributed by atoms with Crippen molar-refractivity contribution in [3.8, 4) is 17.0 Å². The van der Waals surface area contributed by atoms with Crippen molar-refractivity contribution in [2.24, 2.45) is 0 Å². The highest BCUT2D eigenvalue weighted by Crippen LogP contribution is 2.29. The van der Waals surface area contributed by atoms with Crippen molar-refractivity contribution in [2.75, 3.05) is 7.11 Å². The van der Waals surface area contributed by atoms with Crippen molar-refractivity contribution in [1.29, 1.82) is 0 Å². The molecule has 2 heterocycles. The number of benzene rings is 2. The second kappa shape index (κ2) is 5.00. The summed E-state index contributed by atoms with van der Waals surface area (Å²) in [6, 6.07) is 15.7. The van der Waals surface area contributed by atoms with Gasteiger partial charge in [0, 0.05) is 5.56 Å². The van der Waals surface area contributed by atoms with E-state index in [0.717, 1.165) is 28.0 Å². The molecule has 0 aliphatic heterocycles. The third kappa shape index (κ3) is 1.92. The summed E-state index contributed by atoms with van der Waals surface area (Å²) in [4.78, 5) is 8.83. The van der Waals surface area contributed by atoms with Crippen LogP contribution in [-0.4, -0.2) is 21.5 Å². The van der Waals surface area contributed by atoms with Gasteiger partial charge in [-0.25, -0.2) is 9.97 Å². The third-order valence-corrected chi connectivity index (χ3v) is 3.91. The van der Waals surface area contributed by atoms with E-state index in [2.05, 4.69) is 9.97 Å². The minimum Gasteiger partial charge on any atom is -0.497 e. The lowest BCUT2D eigenvalue weighted by Gasteiger charge is -2.08. The van der Waals surface area contributed by atoms with Gasteiger partial charge in [-0.15, -0.1) is 0 Å². The number of aromatic nitrogens is 3. The second-order valence-corrected chi connectivity index (χ2v) is 5.28. The monoisotopic (exact) mass is 309 g/mol. The first-order chi connectivity index (χ1) is 10.8. The molecule has 0 amide bonds. The molecule has 2 aromatic heterocycles. The van der Waals surface area contributed by atoms with E-state index in [1.165, 1.54) is 0 Å². The van der Waals surface area contributed by atoms with Crippen LogP contribution in [0.2, 0.25) is 5.15 Å². The van der Waals surface area contributed by atoms with Gasteiger partial charge in [-0.1, -0.05) is 35.9 Å². The van der Waals surface area contributed by atoms with E-state index in [1.807, 2.05) is 59.1 Å². The predicted molar refractivity (Wildman–Crippen MR) is 87.5 cm³/mol. The Kier molecular flexibility index (Phi) is 2.98. The maximum atomic E-state index is 6.28. The fourth-order valence-corrected chi connectivity index (χ4v) is 2.86. The van der Waals surface area contributed by atoms with Crippen LogP contribution >= 0.6 is 11.6 Å². The molecular weight excluding hydrogens is 298 g/mol. The first-order valence-electron chi connectivity index (χ1n) is 6.84.